The van der Waals surface area contributed by atoms with Gasteiger partial charge in [0.05, 0.1) is 19.4 Å². The fourth-order valence-electron chi connectivity index (χ4n) is 1.73. The van der Waals surface area contributed by atoms with E-state index >= 15 is 0 Å². The quantitative estimate of drug-likeness (QED) is 0.789. The summed E-state index contributed by atoms with van der Waals surface area (Å²) < 4.78 is 0.869. The number of amides is 2. The Morgan fingerprint density at radius 3 is 2.50 bits per heavy atom. The number of hydrogen-bond acceptors (Lipinski definition) is 3. The number of hydrogen-bond donors (Lipinski definition) is 2. The van der Waals surface area contributed by atoms with Gasteiger partial charge in [-0.3, -0.25) is 9.59 Å². The van der Waals surface area contributed by atoms with Gasteiger partial charge in [-0.1, -0.05) is 11.6 Å². The topological polar surface area (TPSA) is 58.2 Å². The van der Waals surface area contributed by atoms with Crippen LogP contribution in [0.15, 0.2) is 34.1 Å². The molecule has 116 valence electrons. The lowest BCUT2D eigenvalue weighted by Gasteiger charge is -2.11. The lowest BCUT2D eigenvalue weighted by molar-refractivity contribution is 0.0942. The zero-order chi connectivity index (χ0) is 16.3. The molecular weight excluding hydrogens is 388 g/mol. The van der Waals surface area contributed by atoms with Crippen LogP contribution in [-0.2, 0) is 0 Å². The van der Waals surface area contributed by atoms with E-state index in [2.05, 4.69) is 26.6 Å². The van der Waals surface area contributed by atoms with Gasteiger partial charge in [0.15, 0.2) is 0 Å². The van der Waals surface area contributed by atoms with E-state index in [9.17, 15) is 9.59 Å². The molecule has 0 saturated carbocycles. The highest BCUT2D eigenvalue weighted by atomic mass is 79.9. The molecule has 4 nitrogen and oxygen atoms in total. The van der Waals surface area contributed by atoms with Crippen LogP contribution < -0.4 is 10.6 Å². The number of carbonyl (C=O) groups excluding carboxylic acids is 2. The summed E-state index contributed by atoms with van der Waals surface area (Å²) in [5.74, 6) is -0.472. The summed E-state index contributed by atoms with van der Waals surface area (Å²) in [6, 6.07) is 8.33. The van der Waals surface area contributed by atoms with Crippen molar-refractivity contribution in [2.45, 2.75) is 19.9 Å². The first-order chi connectivity index (χ1) is 10.4. The highest BCUT2D eigenvalue weighted by molar-refractivity contribution is 9.11. The number of halogens is 2. The molecule has 0 bridgehead atoms. The molecule has 0 saturated heterocycles. The van der Waals surface area contributed by atoms with Gasteiger partial charge in [-0.05, 0) is 60.1 Å². The summed E-state index contributed by atoms with van der Waals surface area (Å²) in [5.41, 5.74) is 0.855. The first kappa shape index (κ1) is 17.0. The third kappa shape index (κ3) is 4.32. The first-order valence-corrected chi connectivity index (χ1v) is 8.52. The average molecular weight is 402 g/mol. The predicted octanol–water partition coefficient (Wildman–Crippen LogP) is 4.55. The molecule has 1 aromatic heterocycles. The second-order valence-corrected chi connectivity index (χ2v) is 7.75. The molecule has 2 N–H and O–H groups in total. The van der Waals surface area contributed by atoms with Crippen molar-refractivity contribution in [3.63, 3.8) is 0 Å². The van der Waals surface area contributed by atoms with E-state index in [1.165, 1.54) is 11.3 Å². The van der Waals surface area contributed by atoms with Crippen LogP contribution in [0.2, 0.25) is 5.02 Å². The van der Waals surface area contributed by atoms with Gasteiger partial charge in [-0.2, -0.15) is 0 Å². The molecule has 7 heteroatoms. The zero-order valence-electron chi connectivity index (χ0n) is 11.9. The SMILES string of the molecule is CC(C)NC(=O)c1ccc(Cl)c(NC(=O)c2ccc(Br)s2)c1. The summed E-state index contributed by atoms with van der Waals surface area (Å²) in [6.07, 6.45) is 0. The monoisotopic (exact) mass is 400 g/mol. The van der Waals surface area contributed by atoms with E-state index < -0.39 is 0 Å². The molecule has 1 heterocycles. The minimum absolute atomic E-state index is 0.0321. The number of thiophene rings is 1. The molecule has 2 aromatic rings. The number of anilines is 1. The number of rotatable bonds is 4. The van der Waals surface area contributed by atoms with Crippen molar-refractivity contribution in [3.05, 3.63) is 49.6 Å². The van der Waals surface area contributed by atoms with E-state index in [4.69, 9.17) is 11.6 Å². The van der Waals surface area contributed by atoms with Crippen LogP contribution in [-0.4, -0.2) is 17.9 Å². The number of carbonyl (C=O) groups is 2. The molecule has 0 radical (unpaired) electrons. The third-order valence-electron chi connectivity index (χ3n) is 2.69. The van der Waals surface area contributed by atoms with Crippen LogP contribution in [0.25, 0.3) is 0 Å². The van der Waals surface area contributed by atoms with Gasteiger partial charge in [0.25, 0.3) is 11.8 Å². The fraction of sp³-hybridized carbons (Fsp3) is 0.200. The average Bonchev–Trinajstić information content (AvgIpc) is 2.87. The molecule has 0 aliphatic heterocycles. The van der Waals surface area contributed by atoms with Crippen LogP contribution in [0.1, 0.15) is 33.9 Å². The van der Waals surface area contributed by atoms with Crippen LogP contribution in [0.4, 0.5) is 5.69 Å². The Bertz CT molecular complexity index is 715. The minimum atomic E-state index is -0.265. The molecule has 0 unspecified atom stereocenters. The Balaban J connectivity index is 2.20. The van der Waals surface area contributed by atoms with E-state index in [0.717, 1.165) is 3.79 Å². The second-order valence-electron chi connectivity index (χ2n) is 4.88. The number of nitrogens with one attached hydrogen (secondary N) is 2. The van der Waals surface area contributed by atoms with E-state index in [-0.39, 0.29) is 17.9 Å². The molecule has 1 aromatic carbocycles. The molecule has 0 spiro atoms. The Labute approximate surface area is 146 Å². The van der Waals surface area contributed by atoms with E-state index in [0.29, 0.717) is 21.2 Å². The number of benzene rings is 1. The molecular formula is C15H14BrClN2O2S. The molecule has 0 aliphatic carbocycles. The lowest BCUT2D eigenvalue weighted by atomic mass is 10.1. The Kier molecular flexibility index (Phi) is 5.61. The van der Waals surface area contributed by atoms with Crippen molar-refractivity contribution >= 4 is 56.4 Å². The molecule has 0 atom stereocenters. The highest BCUT2D eigenvalue weighted by Gasteiger charge is 2.14. The third-order valence-corrected chi connectivity index (χ3v) is 4.65. The minimum Gasteiger partial charge on any atom is -0.350 e. The van der Waals surface area contributed by atoms with Gasteiger partial charge in [-0.15, -0.1) is 11.3 Å². The van der Waals surface area contributed by atoms with Crippen molar-refractivity contribution in [2.24, 2.45) is 0 Å². The first-order valence-electron chi connectivity index (χ1n) is 6.54. The molecule has 0 fully saturated rings. The molecule has 22 heavy (non-hydrogen) atoms. The fourth-order valence-corrected chi connectivity index (χ4v) is 3.17. The van der Waals surface area contributed by atoms with Crippen molar-refractivity contribution < 1.29 is 9.59 Å². The smallest absolute Gasteiger partial charge is 0.265 e. The summed E-state index contributed by atoms with van der Waals surface area (Å²) in [4.78, 5) is 24.7. The Morgan fingerprint density at radius 2 is 1.91 bits per heavy atom. The van der Waals surface area contributed by atoms with Gasteiger partial charge in [-0.25, -0.2) is 0 Å². The second kappa shape index (κ2) is 7.26. The molecule has 2 rings (SSSR count). The summed E-state index contributed by atoms with van der Waals surface area (Å²) in [7, 11) is 0. The standard InChI is InChI=1S/C15H14BrClN2O2S/c1-8(2)18-14(20)9-3-4-10(17)11(7-9)19-15(21)12-5-6-13(16)22-12/h3-8H,1-2H3,(H,18,20)(H,19,21). The van der Waals surface area contributed by atoms with Crippen molar-refractivity contribution in [2.75, 3.05) is 5.32 Å². The van der Waals surface area contributed by atoms with Gasteiger partial charge in [0, 0.05) is 11.6 Å². The van der Waals surface area contributed by atoms with Crippen LogP contribution in [0, 0.1) is 0 Å². The molecule has 0 aliphatic rings. The maximum Gasteiger partial charge on any atom is 0.265 e. The van der Waals surface area contributed by atoms with Crippen LogP contribution in [0.3, 0.4) is 0 Å². The lowest BCUT2D eigenvalue weighted by Crippen LogP contribution is -2.30. The Hall–Kier alpha value is -1.37. The van der Waals surface area contributed by atoms with E-state index in [1.54, 1.807) is 30.3 Å². The van der Waals surface area contributed by atoms with Gasteiger partial charge >= 0.3 is 0 Å². The zero-order valence-corrected chi connectivity index (χ0v) is 15.1. The van der Waals surface area contributed by atoms with Crippen molar-refractivity contribution in [1.82, 2.24) is 5.32 Å². The maximum absolute atomic E-state index is 12.2. The highest BCUT2D eigenvalue weighted by Crippen LogP contribution is 2.26. The van der Waals surface area contributed by atoms with Gasteiger partial charge < -0.3 is 10.6 Å². The largest absolute Gasteiger partial charge is 0.350 e. The maximum atomic E-state index is 12.2. The van der Waals surface area contributed by atoms with Crippen LogP contribution >= 0.6 is 38.9 Å². The normalized spacial score (nSPS) is 10.6. The van der Waals surface area contributed by atoms with Gasteiger partial charge in [0.2, 0.25) is 0 Å². The summed E-state index contributed by atoms with van der Waals surface area (Å²) >= 11 is 10.7. The van der Waals surface area contributed by atoms with E-state index in [1.807, 2.05) is 13.8 Å². The Morgan fingerprint density at radius 1 is 1.18 bits per heavy atom. The van der Waals surface area contributed by atoms with Crippen molar-refractivity contribution in [3.8, 4) is 0 Å². The summed E-state index contributed by atoms with van der Waals surface area (Å²) in [5, 5.41) is 5.90. The van der Waals surface area contributed by atoms with Crippen molar-refractivity contribution in [1.29, 1.82) is 0 Å². The molecule has 2 amide bonds. The predicted molar refractivity (Wildman–Crippen MR) is 94.0 cm³/mol. The summed E-state index contributed by atoms with van der Waals surface area (Å²) in [6.45, 7) is 3.76. The van der Waals surface area contributed by atoms with Gasteiger partial charge in [0.1, 0.15) is 0 Å². The van der Waals surface area contributed by atoms with Crippen LogP contribution in [0.5, 0.6) is 0 Å².